The van der Waals surface area contributed by atoms with Gasteiger partial charge in [0.2, 0.25) is 11.8 Å². The van der Waals surface area contributed by atoms with Crippen LogP contribution in [0.3, 0.4) is 0 Å². The Labute approximate surface area is 178 Å². The van der Waals surface area contributed by atoms with Crippen LogP contribution in [0.4, 0.5) is 4.79 Å². The Morgan fingerprint density at radius 3 is 2.77 bits per heavy atom. The summed E-state index contributed by atoms with van der Waals surface area (Å²) in [5.74, 6) is -1.00. The van der Waals surface area contributed by atoms with Gasteiger partial charge in [0.25, 0.3) is 5.91 Å². The Hall–Kier alpha value is -3.41. The number of nitriles is 1. The monoisotopic (exact) mass is 422 g/mol. The van der Waals surface area contributed by atoms with Gasteiger partial charge in [0.1, 0.15) is 6.04 Å². The predicted molar refractivity (Wildman–Crippen MR) is 105 cm³/mol. The third-order valence-corrected chi connectivity index (χ3v) is 6.92. The fourth-order valence-electron chi connectivity index (χ4n) is 5.43. The maximum Gasteiger partial charge on any atom is 0.407 e. The van der Waals surface area contributed by atoms with Gasteiger partial charge < -0.3 is 15.0 Å². The van der Waals surface area contributed by atoms with E-state index in [-0.39, 0.29) is 35.6 Å². The molecule has 9 heteroatoms. The highest BCUT2D eigenvalue weighted by Crippen LogP contribution is 2.72. The first-order valence-corrected chi connectivity index (χ1v) is 10.4. The number of carbonyl (C=O) groups is 4. The van der Waals surface area contributed by atoms with Crippen LogP contribution in [0.1, 0.15) is 53.6 Å². The van der Waals surface area contributed by atoms with E-state index < -0.39 is 18.0 Å². The van der Waals surface area contributed by atoms with Gasteiger partial charge in [-0.2, -0.15) is 5.26 Å². The SMILES string of the molecule is N#CC12CC(COC(=O)NCc3ccc4c(c3)C(=O)N(C3CCC(=O)NC3=O)C4)(C1)C2. The van der Waals surface area contributed by atoms with Gasteiger partial charge in [0.05, 0.1) is 18.1 Å². The zero-order valence-electron chi connectivity index (χ0n) is 16.9. The minimum atomic E-state index is -0.647. The topological polar surface area (TPSA) is 129 Å². The van der Waals surface area contributed by atoms with Gasteiger partial charge in [-0.3, -0.25) is 19.7 Å². The largest absolute Gasteiger partial charge is 0.449 e. The minimum Gasteiger partial charge on any atom is -0.449 e. The zero-order chi connectivity index (χ0) is 21.8. The molecule has 31 heavy (non-hydrogen) atoms. The Kier molecular flexibility index (Phi) is 4.29. The quantitative estimate of drug-likeness (QED) is 0.690. The number of amides is 4. The fourth-order valence-corrected chi connectivity index (χ4v) is 5.43. The molecule has 2 N–H and O–H groups in total. The summed E-state index contributed by atoms with van der Waals surface area (Å²) < 4.78 is 5.32. The Balaban J connectivity index is 1.15. The van der Waals surface area contributed by atoms with Crippen molar-refractivity contribution in [1.82, 2.24) is 15.5 Å². The molecule has 1 aromatic rings. The molecule has 1 unspecified atom stereocenters. The van der Waals surface area contributed by atoms with Gasteiger partial charge in [-0.25, -0.2) is 4.79 Å². The lowest BCUT2D eigenvalue weighted by Crippen LogP contribution is -2.63. The van der Waals surface area contributed by atoms with Gasteiger partial charge in [-0.1, -0.05) is 12.1 Å². The number of rotatable bonds is 5. The van der Waals surface area contributed by atoms with Gasteiger partial charge in [-0.15, -0.1) is 0 Å². The highest BCUT2D eigenvalue weighted by Gasteiger charge is 2.68. The Morgan fingerprint density at radius 2 is 2.06 bits per heavy atom. The summed E-state index contributed by atoms with van der Waals surface area (Å²) in [5, 5.41) is 14.0. The smallest absolute Gasteiger partial charge is 0.407 e. The van der Waals surface area contributed by atoms with E-state index in [1.807, 2.05) is 12.1 Å². The molecule has 4 fully saturated rings. The second-order valence-electron chi connectivity index (χ2n) is 9.24. The number of hydrogen-bond donors (Lipinski definition) is 2. The zero-order valence-corrected chi connectivity index (χ0v) is 16.9. The van der Waals surface area contributed by atoms with Gasteiger partial charge >= 0.3 is 6.09 Å². The summed E-state index contributed by atoms with van der Waals surface area (Å²) in [4.78, 5) is 49.9. The molecule has 9 nitrogen and oxygen atoms in total. The predicted octanol–water partition coefficient (Wildman–Crippen LogP) is 1.37. The molecule has 2 bridgehead atoms. The van der Waals surface area contributed by atoms with Crippen LogP contribution in [-0.4, -0.2) is 41.4 Å². The molecule has 1 saturated heterocycles. The number of piperidine rings is 1. The highest BCUT2D eigenvalue weighted by molar-refractivity contribution is 6.05. The van der Waals surface area contributed by atoms with Gasteiger partial charge in [0.15, 0.2) is 0 Å². The molecule has 6 rings (SSSR count). The third-order valence-electron chi connectivity index (χ3n) is 6.92. The number of nitrogens with one attached hydrogen (secondary N) is 2. The number of nitrogens with zero attached hydrogens (tertiary/aromatic N) is 2. The second kappa shape index (κ2) is 6.80. The van der Waals surface area contributed by atoms with Gasteiger partial charge in [-0.05, 0) is 42.9 Å². The van der Waals surface area contributed by atoms with Crippen LogP contribution in [0, 0.1) is 22.2 Å². The van der Waals surface area contributed by atoms with Crippen molar-refractivity contribution in [3.05, 3.63) is 34.9 Å². The first-order valence-electron chi connectivity index (χ1n) is 10.4. The average Bonchev–Trinajstić information content (AvgIpc) is 3.00. The molecule has 2 heterocycles. The lowest BCUT2D eigenvalue weighted by Gasteiger charge is -2.66. The second-order valence-corrected chi connectivity index (χ2v) is 9.24. The molecule has 3 aliphatic carbocycles. The molecule has 5 aliphatic rings. The number of imide groups is 1. The number of fused-ring (bicyclic) bond motifs is 1. The third kappa shape index (κ3) is 3.23. The molecule has 2 aliphatic heterocycles. The molecule has 0 spiro atoms. The van der Waals surface area contributed by atoms with Crippen LogP contribution in [0.5, 0.6) is 0 Å². The van der Waals surface area contributed by atoms with Crippen molar-refractivity contribution in [2.75, 3.05) is 6.61 Å². The lowest BCUT2D eigenvalue weighted by atomic mass is 9.36. The van der Waals surface area contributed by atoms with E-state index in [0.717, 1.165) is 30.4 Å². The van der Waals surface area contributed by atoms with Crippen molar-refractivity contribution >= 4 is 23.8 Å². The maximum atomic E-state index is 12.8. The molecular weight excluding hydrogens is 400 g/mol. The number of hydrogen-bond acceptors (Lipinski definition) is 6. The molecule has 4 amide bonds. The van der Waals surface area contributed by atoms with Crippen molar-refractivity contribution in [3.8, 4) is 6.07 Å². The molecule has 3 saturated carbocycles. The van der Waals surface area contributed by atoms with E-state index in [1.165, 1.54) is 4.90 Å². The van der Waals surface area contributed by atoms with E-state index in [2.05, 4.69) is 16.7 Å². The minimum absolute atomic E-state index is 0.00740. The summed E-state index contributed by atoms with van der Waals surface area (Å²) in [6.45, 7) is 0.862. The number of carbonyl (C=O) groups excluding carboxylic acids is 4. The number of ether oxygens (including phenoxy) is 1. The maximum absolute atomic E-state index is 12.8. The summed E-state index contributed by atoms with van der Waals surface area (Å²) in [7, 11) is 0. The summed E-state index contributed by atoms with van der Waals surface area (Å²) in [6, 6.07) is 7.06. The summed E-state index contributed by atoms with van der Waals surface area (Å²) in [5.41, 5.74) is 1.90. The fraction of sp³-hybridized carbons (Fsp3) is 0.500. The van der Waals surface area contributed by atoms with E-state index in [4.69, 9.17) is 10.00 Å². The van der Waals surface area contributed by atoms with E-state index in [0.29, 0.717) is 25.1 Å². The van der Waals surface area contributed by atoms with E-state index in [9.17, 15) is 19.2 Å². The number of alkyl carbamates (subject to hydrolysis) is 1. The van der Waals surface area contributed by atoms with Crippen molar-refractivity contribution in [2.24, 2.45) is 10.8 Å². The van der Waals surface area contributed by atoms with Crippen LogP contribution in [0.2, 0.25) is 0 Å². The van der Waals surface area contributed by atoms with Crippen molar-refractivity contribution in [2.45, 2.75) is 51.2 Å². The van der Waals surface area contributed by atoms with E-state index in [1.54, 1.807) is 6.07 Å². The molecular formula is C22H22N4O5. The van der Waals surface area contributed by atoms with E-state index >= 15 is 0 Å². The van der Waals surface area contributed by atoms with Crippen molar-refractivity contribution in [1.29, 1.82) is 5.26 Å². The molecule has 0 radical (unpaired) electrons. The standard InChI is InChI=1S/C22H22N4O5/c23-11-21-8-22(9-21,10-21)12-31-20(30)24-6-13-1-2-14-7-26(19(29)15(14)5-13)16-3-4-17(27)25-18(16)28/h1-2,5,16H,3-4,6-10,12H2,(H,24,30)(H,25,27,28). The van der Waals surface area contributed by atoms with Crippen LogP contribution < -0.4 is 10.6 Å². The van der Waals surface area contributed by atoms with Crippen LogP contribution in [0.15, 0.2) is 18.2 Å². The van der Waals surface area contributed by atoms with Crippen LogP contribution >= 0.6 is 0 Å². The highest BCUT2D eigenvalue weighted by atomic mass is 16.5. The first kappa shape index (κ1) is 19.5. The van der Waals surface area contributed by atoms with Crippen molar-refractivity contribution < 1.29 is 23.9 Å². The van der Waals surface area contributed by atoms with Crippen LogP contribution in [-0.2, 0) is 27.4 Å². The summed E-state index contributed by atoms with van der Waals surface area (Å²) >= 11 is 0. The van der Waals surface area contributed by atoms with Gasteiger partial charge in [0, 0.05) is 30.5 Å². The molecule has 1 atom stereocenters. The summed E-state index contributed by atoms with van der Waals surface area (Å²) in [6.07, 6.45) is 2.43. The lowest BCUT2D eigenvalue weighted by molar-refractivity contribution is -0.187. The Morgan fingerprint density at radius 1 is 1.29 bits per heavy atom. The first-order chi connectivity index (χ1) is 14.8. The molecule has 0 aromatic heterocycles. The average molecular weight is 422 g/mol. The Bertz CT molecular complexity index is 1040. The van der Waals surface area contributed by atoms with Crippen LogP contribution in [0.25, 0.3) is 0 Å². The normalized spacial score (nSPS) is 30.5. The molecule has 160 valence electrons. The number of benzene rings is 1. The molecule has 1 aromatic carbocycles. The van der Waals surface area contributed by atoms with Crippen molar-refractivity contribution in [3.63, 3.8) is 0 Å².